The van der Waals surface area contributed by atoms with Gasteiger partial charge in [0.25, 0.3) is 0 Å². The summed E-state index contributed by atoms with van der Waals surface area (Å²) in [4.78, 5) is 25.8. The molecule has 4 nitrogen and oxygen atoms in total. The summed E-state index contributed by atoms with van der Waals surface area (Å²) in [7, 11) is 0. The Bertz CT molecular complexity index is 730. The van der Waals surface area contributed by atoms with Gasteiger partial charge in [0.05, 0.1) is 11.4 Å². The van der Waals surface area contributed by atoms with Crippen LogP contribution in [0.5, 0.6) is 0 Å². The van der Waals surface area contributed by atoms with Crippen molar-refractivity contribution in [1.82, 2.24) is 0 Å². The number of carbonyl (C=O) groups excluding carboxylic acids is 2. The van der Waals surface area contributed by atoms with Crippen molar-refractivity contribution in [2.24, 2.45) is 0 Å². The van der Waals surface area contributed by atoms with E-state index >= 15 is 0 Å². The highest BCUT2D eigenvalue weighted by atomic mass is 35.5. The Hall–Kier alpha value is -2.33. The van der Waals surface area contributed by atoms with Crippen molar-refractivity contribution >= 4 is 34.8 Å². The smallest absolute Gasteiger partial charge is 0.244 e. The van der Waals surface area contributed by atoms with Gasteiger partial charge in [0.2, 0.25) is 11.8 Å². The van der Waals surface area contributed by atoms with Crippen molar-refractivity contribution < 1.29 is 9.59 Å². The summed E-state index contributed by atoms with van der Waals surface area (Å²) < 4.78 is 0. The molecule has 0 spiro atoms. The second-order valence-electron chi connectivity index (χ2n) is 5.14. The summed E-state index contributed by atoms with van der Waals surface area (Å²) in [5.41, 5.74) is 2.35. The Labute approximate surface area is 133 Å². The second-order valence-corrected chi connectivity index (χ2v) is 5.54. The first-order valence-corrected chi connectivity index (χ1v) is 7.45. The minimum atomic E-state index is -0.176. The second kappa shape index (κ2) is 6.20. The highest BCUT2D eigenvalue weighted by molar-refractivity contribution is 6.31. The lowest BCUT2D eigenvalue weighted by Crippen LogP contribution is -2.42. The lowest BCUT2D eigenvalue weighted by Gasteiger charge is -2.29. The van der Waals surface area contributed by atoms with Gasteiger partial charge in [0.15, 0.2) is 0 Å². The van der Waals surface area contributed by atoms with Gasteiger partial charge in [-0.2, -0.15) is 0 Å². The van der Waals surface area contributed by atoms with Crippen LogP contribution in [0.2, 0.25) is 5.02 Å². The Morgan fingerprint density at radius 3 is 2.68 bits per heavy atom. The molecule has 112 valence electrons. The number of hydrogen-bond donors (Lipinski definition) is 1. The lowest BCUT2D eigenvalue weighted by molar-refractivity contribution is -0.121. The van der Waals surface area contributed by atoms with Crippen LogP contribution >= 0.6 is 11.6 Å². The van der Waals surface area contributed by atoms with E-state index in [1.54, 1.807) is 6.07 Å². The maximum atomic E-state index is 12.5. The van der Waals surface area contributed by atoms with Crippen LogP contribution in [0.4, 0.5) is 11.4 Å². The number of benzene rings is 2. The molecule has 0 saturated carbocycles. The van der Waals surface area contributed by atoms with Crippen LogP contribution in [0.3, 0.4) is 0 Å². The van der Waals surface area contributed by atoms with Gasteiger partial charge in [-0.1, -0.05) is 41.9 Å². The summed E-state index contributed by atoms with van der Waals surface area (Å²) in [6.07, 6.45) is 0.865. The number of halogens is 1. The number of fused-ring (bicyclic) bond motifs is 1. The standard InChI is InChI=1S/C17H15ClN2O2/c18-13-6-2-1-5-12(13)9-10-17(22)20-11-16(21)19-14-7-3-4-8-15(14)20/h1-8H,9-11H2,(H,19,21). The van der Waals surface area contributed by atoms with Gasteiger partial charge in [0, 0.05) is 11.4 Å². The monoisotopic (exact) mass is 314 g/mol. The largest absolute Gasteiger partial charge is 0.323 e. The molecule has 22 heavy (non-hydrogen) atoms. The average molecular weight is 315 g/mol. The van der Waals surface area contributed by atoms with Gasteiger partial charge in [-0.3, -0.25) is 9.59 Å². The number of carbonyl (C=O) groups is 2. The third-order valence-electron chi connectivity index (χ3n) is 3.64. The van der Waals surface area contributed by atoms with Crippen LogP contribution < -0.4 is 10.2 Å². The summed E-state index contributed by atoms with van der Waals surface area (Å²) in [6.45, 7) is 0.0539. The predicted octanol–water partition coefficient (Wildman–Crippen LogP) is 3.26. The number of aryl methyl sites for hydroxylation is 1. The normalized spacial score (nSPS) is 13.5. The molecule has 2 aromatic rings. The molecule has 1 heterocycles. The molecule has 5 heteroatoms. The zero-order chi connectivity index (χ0) is 15.5. The van der Waals surface area contributed by atoms with E-state index in [1.807, 2.05) is 42.5 Å². The van der Waals surface area contributed by atoms with Gasteiger partial charge in [-0.25, -0.2) is 0 Å². The van der Waals surface area contributed by atoms with Crippen molar-refractivity contribution in [3.05, 3.63) is 59.1 Å². The predicted molar refractivity (Wildman–Crippen MR) is 87.2 cm³/mol. The zero-order valence-corrected chi connectivity index (χ0v) is 12.6. The molecule has 0 radical (unpaired) electrons. The minimum absolute atomic E-state index is 0.0539. The van der Waals surface area contributed by atoms with Crippen molar-refractivity contribution in [1.29, 1.82) is 0 Å². The number of hydrogen-bond acceptors (Lipinski definition) is 2. The summed E-state index contributed by atoms with van der Waals surface area (Å²) >= 11 is 6.11. The SMILES string of the molecule is O=C1CN(C(=O)CCc2ccccc2Cl)c2ccccc2N1. The number of nitrogens with zero attached hydrogens (tertiary/aromatic N) is 1. The van der Waals surface area contributed by atoms with E-state index in [9.17, 15) is 9.59 Å². The molecule has 0 aromatic heterocycles. The highest BCUT2D eigenvalue weighted by Crippen LogP contribution is 2.29. The summed E-state index contributed by atoms with van der Waals surface area (Å²) in [5, 5.41) is 3.43. The first kappa shape index (κ1) is 14.6. The van der Waals surface area contributed by atoms with Gasteiger partial charge >= 0.3 is 0 Å². The minimum Gasteiger partial charge on any atom is -0.323 e. The fourth-order valence-electron chi connectivity index (χ4n) is 2.53. The molecule has 1 aliphatic heterocycles. The zero-order valence-electron chi connectivity index (χ0n) is 11.9. The van der Waals surface area contributed by atoms with E-state index in [2.05, 4.69) is 5.32 Å². The molecule has 0 atom stereocenters. The third-order valence-corrected chi connectivity index (χ3v) is 4.01. The van der Waals surface area contributed by atoms with E-state index < -0.39 is 0 Å². The van der Waals surface area contributed by atoms with Crippen molar-refractivity contribution in [3.8, 4) is 0 Å². The quantitative estimate of drug-likeness (QED) is 0.945. The molecule has 2 aromatic carbocycles. The number of amides is 2. The molecule has 0 saturated heterocycles. The van der Waals surface area contributed by atoms with Crippen LogP contribution in [0.25, 0.3) is 0 Å². The van der Waals surface area contributed by atoms with Gasteiger partial charge in [-0.05, 0) is 30.2 Å². The van der Waals surface area contributed by atoms with Crippen LogP contribution in [0.15, 0.2) is 48.5 Å². The van der Waals surface area contributed by atoms with Gasteiger partial charge in [0.1, 0.15) is 6.54 Å². The molecule has 2 amide bonds. The van der Waals surface area contributed by atoms with Crippen LogP contribution in [-0.4, -0.2) is 18.4 Å². The molecule has 0 unspecified atom stereocenters. The summed E-state index contributed by atoms with van der Waals surface area (Å²) in [6, 6.07) is 14.8. The molecular weight excluding hydrogens is 300 g/mol. The molecule has 1 N–H and O–H groups in total. The van der Waals surface area contributed by atoms with Crippen LogP contribution in [-0.2, 0) is 16.0 Å². The fraction of sp³-hybridized carbons (Fsp3) is 0.176. The molecule has 0 fully saturated rings. The summed E-state index contributed by atoms with van der Waals surface area (Å²) in [5.74, 6) is -0.257. The fourth-order valence-corrected chi connectivity index (χ4v) is 2.76. The van der Waals surface area contributed by atoms with Crippen molar-refractivity contribution in [3.63, 3.8) is 0 Å². The number of rotatable bonds is 3. The molecule has 3 rings (SSSR count). The number of anilines is 2. The van der Waals surface area contributed by atoms with E-state index in [-0.39, 0.29) is 18.4 Å². The maximum absolute atomic E-state index is 12.5. The molecule has 1 aliphatic rings. The van der Waals surface area contributed by atoms with Crippen LogP contribution in [0.1, 0.15) is 12.0 Å². The Kier molecular flexibility index (Phi) is 4.11. The molecule has 0 bridgehead atoms. The Morgan fingerprint density at radius 2 is 1.86 bits per heavy atom. The number of para-hydroxylation sites is 2. The Balaban J connectivity index is 1.75. The topological polar surface area (TPSA) is 49.4 Å². The molecular formula is C17H15ClN2O2. The van der Waals surface area contributed by atoms with E-state index in [0.717, 1.165) is 11.3 Å². The van der Waals surface area contributed by atoms with E-state index in [1.165, 1.54) is 4.90 Å². The van der Waals surface area contributed by atoms with Crippen molar-refractivity contribution in [2.75, 3.05) is 16.8 Å². The maximum Gasteiger partial charge on any atom is 0.244 e. The first-order chi connectivity index (χ1) is 10.6. The Morgan fingerprint density at radius 1 is 1.14 bits per heavy atom. The van der Waals surface area contributed by atoms with Crippen LogP contribution in [0, 0.1) is 0 Å². The molecule has 0 aliphatic carbocycles. The number of nitrogens with one attached hydrogen (secondary N) is 1. The average Bonchev–Trinajstić information content (AvgIpc) is 2.53. The third kappa shape index (κ3) is 2.97. The van der Waals surface area contributed by atoms with E-state index in [0.29, 0.717) is 23.6 Å². The van der Waals surface area contributed by atoms with Gasteiger partial charge < -0.3 is 10.2 Å². The van der Waals surface area contributed by atoms with E-state index in [4.69, 9.17) is 11.6 Å². The van der Waals surface area contributed by atoms with Gasteiger partial charge in [-0.15, -0.1) is 0 Å². The highest BCUT2D eigenvalue weighted by Gasteiger charge is 2.26. The van der Waals surface area contributed by atoms with Crippen molar-refractivity contribution in [2.45, 2.75) is 12.8 Å². The lowest BCUT2D eigenvalue weighted by atomic mass is 10.1. The first-order valence-electron chi connectivity index (χ1n) is 7.08.